The molecule has 0 aliphatic rings. The lowest BCUT2D eigenvalue weighted by Crippen LogP contribution is -2.08. The number of hydrogen-bond donors (Lipinski definition) is 1. The molecule has 0 aliphatic carbocycles. The van der Waals surface area contributed by atoms with Gasteiger partial charge in [0.05, 0.1) is 17.2 Å². The second kappa shape index (κ2) is 5.44. The van der Waals surface area contributed by atoms with Crippen LogP contribution >= 0.6 is 0 Å². The van der Waals surface area contributed by atoms with Crippen LogP contribution in [0.1, 0.15) is 16.7 Å². The molecule has 2 rings (SSSR count). The summed E-state index contributed by atoms with van der Waals surface area (Å²) in [5, 5.41) is 11.6. The van der Waals surface area contributed by atoms with E-state index in [4.69, 9.17) is 5.26 Å². The van der Waals surface area contributed by atoms with E-state index in [1.165, 1.54) is 6.07 Å². The van der Waals surface area contributed by atoms with Gasteiger partial charge in [-0.05, 0) is 48.9 Å². The second-order valence-corrected chi connectivity index (χ2v) is 4.46. The maximum absolute atomic E-state index is 13.2. The molecule has 0 saturated heterocycles. The van der Waals surface area contributed by atoms with Crippen molar-refractivity contribution in [1.29, 1.82) is 5.26 Å². The van der Waals surface area contributed by atoms with E-state index in [9.17, 15) is 17.6 Å². The first-order valence-corrected chi connectivity index (χ1v) is 5.96. The number of anilines is 2. The lowest BCUT2D eigenvalue weighted by Gasteiger charge is -2.12. The average Bonchev–Trinajstić information content (AvgIpc) is 2.40. The third-order valence-corrected chi connectivity index (χ3v) is 2.91. The van der Waals surface area contributed by atoms with Crippen molar-refractivity contribution in [2.75, 3.05) is 5.32 Å². The van der Waals surface area contributed by atoms with E-state index in [0.717, 1.165) is 6.07 Å². The molecule has 6 heteroatoms. The van der Waals surface area contributed by atoms with E-state index < -0.39 is 17.6 Å². The number of nitriles is 1. The zero-order chi connectivity index (χ0) is 15.6. The lowest BCUT2D eigenvalue weighted by molar-refractivity contribution is -0.139. The van der Waals surface area contributed by atoms with Crippen LogP contribution in [0.4, 0.5) is 28.9 Å². The standard InChI is InChI=1S/C15H10F4N2/c1-9-6-11(3-2-10(9)8-20)21-12-4-5-14(16)13(7-12)15(17,18)19/h2-7,21H,1H3. The van der Waals surface area contributed by atoms with E-state index in [0.29, 0.717) is 22.9 Å². The molecule has 2 nitrogen and oxygen atoms in total. The van der Waals surface area contributed by atoms with Gasteiger partial charge in [0, 0.05) is 11.4 Å². The largest absolute Gasteiger partial charge is 0.419 e. The number of halogens is 4. The molecule has 0 spiro atoms. The van der Waals surface area contributed by atoms with Crippen LogP contribution in [0.3, 0.4) is 0 Å². The van der Waals surface area contributed by atoms with E-state index >= 15 is 0 Å². The highest BCUT2D eigenvalue weighted by atomic mass is 19.4. The molecule has 0 heterocycles. The fraction of sp³-hybridized carbons (Fsp3) is 0.133. The van der Waals surface area contributed by atoms with Crippen LogP contribution in [-0.2, 0) is 6.18 Å². The Morgan fingerprint density at radius 1 is 1.05 bits per heavy atom. The van der Waals surface area contributed by atoms with Gasteiger partial charge in [-0.1, -0.05) is 0 Å². The first kappa shape index (κ1) is 14.9. The topological polar surface area (TPSA) is 35.8 Å². The molecular formula is C15H10F4N2. The highest BCUT2D eigenvalue weighted by Gasteiger charge is 2.34. The molecule has 0 aromatic heterocycles. The summed E-state index contributed by atoms with van der Waals surface area (Å²) in [6.45, 7) is 1.72. The molecule has 0 unspecified atom stereocenters. The van der Waals surface area contributed by atoms with Gasteiger partial charge in [-0.3, -0.25) is 0 Å². The summed E-state index contributed by atoms with van der Waals surface area (Å²) >= 11 is 0. The van der Waals surface area contributed by atoms with E-state index in [2.05, 4.69) is 5.32 Å². The van der Waals surface area contributed by atoms with Crippen molar-refractivity contribution in [3.63, 3.8) is 0 Å². The number of nitrogens with zero attached hydrogens (tertiary/aromatic N) is 1. The fourth-order valence-electron chi connectivity index (χ4n) is 1.85. The number of benzene rings is 2. The van der Waals surface area contributed by atoms with Crippen LogP contribution in [0, 0.1) is 24.1 Å². The Bertz CT molecular complexity index is 715. The molecule has 0 aliphatic heterocycles. The maximum atomic E-state index is 13.2. The summed E-state index contributed by atoms with van der Waals surface area (Å²) in [5.74, 6) is -1.32. The van der Waals surface area contributed by atoms with E-state index in [-0.39, 0.29) is 5.69 Å². The minimum Gasteiger partial charge on any atom is -0.356 e. The molecule has 2 aromatic carbocycles. The normalized spacial score (nSPS) is 11.0. The zero-order valence-electron chi connectivity index (χ0n) is 10.9. The Labute approximate surface area is 118 Å². The Hall–Kier alpha value is -2.55. The molecule has 0 radical (unpaired) electrons. The van der Waals surface area contributed by atoms with Crippen molar-refractivity contribution in [1.82, 2.24) is 0 Å². The molecule has 108 valence electrons. The van der Waals surface area contributed by atoms with Crippen molar-refractivity contribution < 1.29 is 17.6 Å². The SMILES string of the molecule is Cc1cc(Nc2ccc(F)c(C(F)(F)F)c2)ccc1C#N. The molecule has 1 N–H and O–H groups in total. The first-order valence-electron chi connectivity index (χ1n) is 5.96. The van der Waals surface area contributed by atoms with Gasteiger partial charge in [0.25, 0.3) is 0 Å². The molecule has 0 saturated carbocycles. The minimum atomic E-state index is -4.75. The predicted molar refractivity (Wildman–Crippen MR) is 70.6 cm³/mol. The number of aryl methyl sites for hydroxylation is 1. The van der Waals surface area contributed by atoms with Crippen LogP contribution in [0.15, 0.2) is 36.4 Å². The first-order chi connectivity index (χ1) is 9.81. The van der Waals surface area contributed by atoms with Crippen LogP contribution in [0.2, 0.25) is 0 Å². The van der Waals surface area contributed by atoms with Gasteiger partial charge >= 0.3 is 6.18 Å². The number of alkyl halides is 3. The van der Waals surface area contributed by atoms with Crippen LogP contribution in [-0.4, -0.2) is 0 Å². The third kappa shape index (κ3) is 3.31. The summed E-state index contributed by atoms with van der Waals surface area (Å²) in [6.07, 6.45) is -4.75. The number of hydrogen-bond acceptors (Lipinski definition) is 2. The molecule has 0 atom stereocenters. The van der Waals surface area contributed by atoms with Gasteiger partial charge in [-0.2, -0.15) is 18.4 Å². The van der Waals surface area contributed by atoms with Crippen LogP contribution in [0.5, 0.6) is 0 Å². The van der Waals surface area contributed by atoms with Crippen molar-refractivity contribution in [3.05, 3.63) is 58.9 Å². The smallest absolute Gasteiger partial charge is 0.356 e. The van der Waals surface area contributed by atoms with Crippen LogP contribution < -0.4 is 5.32 Å². The van der Waals surface area contributed by atoms with Gasteiger partial charge < -0.3 is 5.32 Å². The van der Waals surface area contributed by atoms with Gasteiger partial charge in [0.2, 0.25) is 0 Å². The van der Waals surface area contributed by atoms with Gasteiger partial charge in [0.15, 0.2) is 0 Å². The Kier molecular flexibility index (Phi) is 3.85. The summed E-state index contributed by atoms with van der Waals surface area (Å²) in [7, 11) is 0. The quantitative estimate of drug-likeness (QED) is 0.810. The lowest BCUT2D eigenvalue weighted by atomic mass is 10.1. The van der Waals surface area contributed by atoms with Crippen LogP contribution in [0.25, 0.3) is 0 Å². The number of nitrogens with one attached hydrogen (secondary N) is 1. The second-order valence-electron chi connectivity index (χ2n) is 4.46. The Morgan fingerprint density at radius 3 is 2.24 bits per heavy atom. The molecule has 0 amide bonds. The highest BCUT2D eigenvalue weighted by molar-refractivity contribution is 5.62. The average molecular weight is 294 g/mol. The molecular weight excluding hydrogens is 284 g/mol. The van der Waals surface area contributed by atoms with Crippen molar-refractivity contribution in [3.8, 4) is 6.07 Å². The molecule has 21 heavy (non-hydrogen) atoms. The Morgan fingerprint density at radius 2 is 1.67 bits per heavy atom. The predicted octanol–water partition coefficient (Wildman–Crippen LogP) is 4.77. The summed E-state index contributed by atoms with van der Waals surface area (Å²) < 4.78 is 51.1. The molecule has 0 fully saturated rings. The van der Waals surface area contributed by atoms with E-state index in [1.807, 2.05) is 6.07 Å². The monoisotopic (exact) mass is 294 g/mol. The molecule has 2 aromatic rings. The summed E-state index contributed by atoms with van der Waals surface area (Å²) in [4.78, 5) is 0. The fourth-order valence-corrected chi connectivity index (χ4v) is 1.85. The number of rotatable bonds is 2. The van der Waals surface area contributed by atoms with Gasteiger partial charge in [-0.15, -0.1) is 0 Å². The zero-order valence-corrected chi connectivity index (χ0v) is 10.9. The summed E-state index contributed by atoms with van der Waals surface area (Å²) in [6, 6.07) is 9.46. The van der Waals surface area contributed by atoms with Crippen molar-refractivity contribution >= 4 is 11.4 Å². The van der Waals surface area contributed by atoms with Crippen molar-refractivity contribution in [2.24, 2.45) is 0 Å². The van der Waals surface area contributed by atoms with E-state index in [1.54, 1.807) is 25.1 Å². The van der Waals surface area contributed by atoms with Gasteiger partial charge in [-0.25, -0.2) is 4.39 Å². The summed E-state index contributed by atoms with van der Waals surface area (Å²) in [5.41, 5.74) is 0.494. The maximum Gasteiger partial charge on any atom is 0.419 e. The molecule has 0 bridgehead atoms. The minimum absolute atomic E-state index is 0.118. The third-order valence-electron chi connectivity index (χ3n) is 2.91. The Balaban J connectivity index is 2.33. The van der Waals surface area contributed by atoms with Gasteiger partial charge in [0.1, 0.15) is 5.82 Å². The van der Waals surface area contributed by atoms with Crippen molar-refractivity contribution in [2.45, 2.75) is 13.1 Å². The highest BCUT2D eigenvalue weighted by Crippen LogP contribution is 2.33.